The molecule has 0 radical (unpaired) electrons. The Morgan fingerprint density at radius 1 is 1.04 bits per heavy atom. The van der Waals surface area contributed by atoms with Gasteiger partial charge in [0.15, 0.2) is 0 Å². The third-order valence-electron chi connectivity index (χ3n) is 4.90. The van der Waals surface area contributed by atoms with Crippen LogP contribution in [0.2, 0.25) is 5.15 Å². The van der Waals surface area contributed by atoms with E-state index >= 15 is 0 Å². The summed E-state index contributed by atoms with van der Waals surface area (Å²) in [6, 6.07) is 11.0. The number of pyridine rings is 1. The zero-order chi connectivity index (χ0) is 19.9. The van der Waals surface area contributed by atoms with E-state index in [2.05, 4.69) is 9.97 Å². The molecule has 0 spiro atoms. The third-order valence-corrected chi connectivity index (χ3v) is 5.11. The summed E-state index contributed by atoms with van der Waals surface area (Å²) >= 11 is 5.84. The van der Waals surface area contributed by atoms with E-state index in [1.165, 1.54) is 4.57 Å². The predicted molar refractivity (Wildman–Crippen MR) is 98.2 cm³/mol. The zero-order valence-corrected chi connectivity index (χ0v) is 15.4. The van der Waals surface area contributed by atoms with E-state index in [9.17, 15) is 18.0 Å². The van der Waals surface area contributed by atoms with Crippen molar-refractivity contribution in [2.24, 2.45) is 0 Å². The van der Waals surface area contributed by atoms with E-state index in [4.69, 9.17) is 11.6 Å². The molecular weight excluding hydrogens is 393 g/mol. The molecule has 4 rings (SSSR count). The van der Waals surface area contributed by atoms with Crippen LogP contribution in [0.5, 0.6) is 0 Å². The van der Waals surface area contributed by atoms with Crippen LogP contribution in [0.15, 0.2) is 42.5 Å². The first kappa shape index (κ1) is 18.7. The smallest absolute Gasteiger partial charge is 0.337 e. The molecule has 1 aliphatic rings. The number of carbonyl (C=O) groups excluding carboxylic acids is 1. The number of rotatable bonds is 2. The van der Waals surface area contributed by atoms with Gasteiger partial charge in [0.25, 0.3) is 5.91 Å². The van der Waals surface area contributed by atoms with Gasteiger partial charge in [0.1, 0.15) is 10.8 Å². The Balaban J connectivity index is 1.58. The van der Waals surface area contributed by atoms with Crippen LogP contribution in [0.25, 0.3) is 11.0 Å². The van der Waals surface area contributed by atoms with Gasteiger partial charge in [-0.05, 0) is 37.1 Å². The molecule has 2 aromatic heterocycles. The van der Waals surface area contributed by atoms with Gasteiger partial charge in [0.05, 0.1) is 11.0 Å². The Labute approximate surface area is 163 Å². The minimum atomic E-state index is -4.54. The van der Waals surface area contributed by atoms with Crippen molar-refractivity contribution in [3.63, 3.8) is 0 Å². The molecule has 0 unspecified atom stereocenters. The van der Waals surface area contributed by atoms with E-state index < -0.39 is 12.0 Å². The second kappa shape index (κ2) is 7.09. The molecule has 9 heteroatoms. The van der Waals surface area contributed by atoms with Gasteiger partial charge in [0, 0.05) is 19.1 Å². The molecule has 0 bridgehead atoms. The number of amides is 1. The number of likely N-dealkylation sites (tertiary alicyclic amines) is 1. The van der Waals surface area contributed by atoms with Crippen molar-refractivity contribution in [2.75, 3.05) is 13.1 Å². The maximum absolute atomic E-state index is 13.5. The van der Waals surface area contributed by atoms with Crippen LogP contribution in [-0.2, 0) is 6.18 Å². The Morgan fingerprint density at radius 2 is 1.75 bits per heavy atom. The van der Waals surface area contributed by atoms with Crippen LogP contribution in [0.4, 0.5) is 13.2 Å². The number of imidazole rings is 1. The number of benzene rings is 1. The van der Waals surface area contributed by atoms with Gasteiger partial charge in [-0.25, -0.2) is 9.97 Å². The molecule has 1 aliphatic heterocycles. The molecule has 0 saturated carbocycles. The number of fused-ring (bicyclic) bond motifs is 1. The summed E-state index contributed by atoms with van der Waals surface area (Å²) in [4.78, 5) is 22.0. The zero-order valence-electron chi connectivity index (χ0n) is 14.7. The Morgan fingerprint density at radius 3 is 2.43 bits per heavy atom. The van der Waals surface area contributed by atoms with E-state index in [1.54, 1.807) is 47.4 Å². The SMILES string of the molecule is O=C(c1cccc(Cl)n1)N1CCC(n2c(C(F)(F)F)nc3ccccc32)CC1. The molecule has 0 atom stereocenters. The van der Waals surface area contributed by atoms with Crippen molar-refractivity contribution < 1.29 is 18.0 Å². The lowest BCUT2D eigenvalue weighted by Gasteiger charge is -2.33. The number of piperidine rings is 1. The first-order valence-corrected chi connectivity index (χ1v) is 9.18. The molecule has 0 N–H and O–H groups in total. The number of carbonyl (C=O) groups is 1. The highest BCUT2D eigenvalue weighted by Gasteiger charge is 2.40. The fraction of sp³-hybridized carbons (Fsp3) is 0.316. The number of para-hydroxylation sites is 2. The van der Waals surface area contributed by atoms with Gasteiger partial charge in [-0.3, -0.25) is 4.79 Å². The Hall–Kier alpha value is -2.61. The van der Waals surface area contributed by atoms with E-state index in [0.717, 1.165) is 0 Å². The normalized spacial score (nSPS) is 15.9. The minimum Gasteiger partial charge on any atom is -0.337 e. The lowest BCUT2D eigenvalue weighted by Crippen LogP contribution is -2.40. The monoisotopic (exact) mass is 408 g/mol. The standard InChI is InChI=1S/C19H16ClF3N4O/c20-16-7-3-5-14(24-16)17(28)26-10-8-12(9-11-26)27-15-6-2-1-4-13(15)25-18(27)19(21,22)23/h1-7,12H,8-11H2. The summed E-state index contributed by atoms with van der Waals surface area (Å²) in [5.41, 5.74) is 1.00. The number of hydrogen-bond donors (Lipinski definition) is 0. The molecule has 5 nitrogen and oxygen atoms in total. The number of hydrogen-bond acceptors (Lipinski definition) is 3. The second-order valence-corrected chi connectivity index (χ2v) is 7.05. The first-order chi connectivity index (χ1) is 13.3. The van der Waals surface area contributed by atoms with E-state index in [1.807, 2.05) is 0 Å². The lowest BCUT2D eigenvalue weighted by atomic mass is 10.0. The average Bonchev–Trinajstić information content (AvgIpc) is 3.08. The van der Waals surface area contributed by atoms with Gasteiger partial charge < -0.3 is 9.47 Å². The predicted octanol–water partition coefficient (Wildman–Crippen LogP) is 4.58. The van der Waals surface area contributed by atoms with Crippen molar-refractivity contribution in [2.45, 2.75) is 25.1 Å². The van der Waals surface area contributed by atoms with Crippen molar-refractivity contribution in [1.29, 1.82) is 0 Å². The fourth-order valence-electron chi connectivity index (χ4n) is 3.63. The van der Waals surface area contributed by atoms with Crippen molar-refractivity contribution in [3.8, 4) is 0 Å². The molecule has 1 aromatic carbocycles. The Bertz CT molecular complexity index is 1030. The number of aromatic nitrogens is 3. The molecule has 28 heavy (non-hydrogen) atoms. The van der Waals surface area contributed by atoms with E-state index in [0.29, 0.717) is 37.0 Å². The lowest BCUT2D eigenvalue weighted by molar-refractivity contribution is -0.147. The summed E-state index contributed by atoms with van der Waals surface area (Å²) in [5.74, 6) is -1.16. The van der Waals surface area contributed by atoms with Gasteiger partial charge in [-0.1, -0.05) is 29.8 Å². The molecule has 0 aliphatic carbocycles. The molecule has 1 fully saturated rings. The molecule has 1 saturated heterocycles. The number of halogens is 4. The maximum Gasteiger partial charge on any atom is 0.449 e. The molecule has 3 heterocycles. The average molecular weight is 409 g/mol. The van der Waals surface area contributed by atoms with Gasteiger partial charge in [0.2, 0.25) is 5.82 Å². The number of nitrogens with zero attached hydrogens (tertiary/aromatic N) is 4. The maximum atomic E-state index is 13.5. The van der Waals surface area contributed by atoms with Crippen LogP contribution >= 0.6 is 11.6 Å². The minimum absolute atomic E-state index is 0.223. The fourth-order valence-corrected chi connectivity index (χ4v) is 3.79. The van der Waals surface area contributed by atoms with Gasteiger partial charge in [-0.15, -0.1) is 0 Å². The summed E-state index contributed by atoms with van der Waals surface area (Å²) in [6.07, 6.45) is -3.75. The first-order valence-electron chi connectivity index (χ1n) is 8.80. The van der Waals surface area contributed by atoms with Crippen molar-refractivity contribution in [3.05, 3.63) is 59.1 Å². The third kappa shape index (κ3) is 3.44. The highest BCUT2D eigenvalue weighted by molar-refractivity contribution is 6.29. The van der Waals surface area contributed by atoms with Crippen molar-refractivity contribution >= 4 is 28.5 Å². The van der Waals surface area contributed by atoms with E-state index in [-0.39, 0.29) is 22.8 Å². The van der Waals surface area contributed by atoms with Crippen LogP contribution in [0, 0.1) is 0 Å². The van der Waals surface area contributed by atoms with Crippen LogP contribution < -0.4 is 0 Å². The van der Waals surface area contributed by atoms with Crippen molar-refractivity contribution in [1.82, 2.24) is 19.4 Å². The van der Waals surface area contributed by atoms with Crippen LogP contribution in [0.3, 0.4) is 0 Å². The summed E-state index contributed by atoms with van der Waals surface area (Å²) in [7, 11) is 0. The van der Waals surface area contributed by atoms with Gasteiger partial charge >= 0.3 is 6.18 Å². The van der Waals surface area contributed by atoms with Crippen LogP contribution in [0.1, 0.15) is 35.2 Å². The second-order valence-electron chi connectivity index (χ2n) is 6.66. The molecule has 146 valence electrons. The number of alkyl halides is 3. The largest absolute Gasteiger partial charge is 0.449 e. The molecular formula is C19H16ClF3N4O. The summed E-state index contributed by atoms with van der Waals surface area (Å²) in [6.45, 7) is 0.670. The topological polar surface area (TPSA) is 51.0 Å². The highest BCUT2D eigenvalue weighted by atomic mass is 35.5. The molecule has 3 aromatic rings. The quantitative estimate of drug-likeness (QED) is 0.583. The van der Waals surface area contributed by atoms with Crippen LogP contribution in [-0.4, -0.2) is 38.4 Å². The Kier molecular flexibility index (Phi) is 4.74. The molecule has 1 amide bonds. The summed E-state index contributed by atoms with van der Waals surface area (Å²) in [5, 5.41) is 0.223. The summed E-state index contributed by atoms with van der Waals surface area (Å²) < 4.78 is 41.9. The highest BCUT2D eigenvalue weighted by Crippen LogP contribution is 2.36. The van der Waals surface area contributed by atoms with Gasteiger partial charge in [-0.2, -0.15) is 13.2 Å².